The number of hydrogen-bond donors (Lipinski definition) is 2. The first-order chi connectivity index (χ1) is 11.2. The summed E-state index contributed by atoms with van der Waals surface area (Å²) in [4.78, 5) is 16.1. The van der Waals surface area contributed by atoms with Crippen LogP contribution in [0.2, 0.25) is 0 Å². The lowest BCUT2D eigenvalue weighted by Gasteiger charge is -2.07. The number of nitrogens with two attached hydrogens (primary N) is 1. The topological polar surface area (TPSA) is 77.2 Å². The van der Waals surface area contributed by atoms with Gasteiger partial charge in [0, 0.05) is 16.6 Å². The highest BCUT2D eigenvalue weighted by molar-refractivity contribution is 7.13. The molecule has 1 heterocycles. The summed E-state index contributed by atoms with van der Waals surface area (Å²) in [7, 11) is 0. The number of nitrogen functional groups attached to an aromatic ring is 1. The number of anilines is 2. The maximum absolute atomic E-state index is 11.9. The zero-order chi connectivity index (χ0) is 16.1. The molecule has 0 aliphatic rings. The fraction of sp³-hybridized carbons (Fsp3) is 0.0588. The molecule has 5 nitrogen and oxygen atoms in total. The predicted molar refractivity (Wildman–Crippen MR) is 92.5 cm³/mol. The third-order valence-corrected chi connectivity index (χ3v) is 3.77. The molecule has 0 radical (unpaired) electrons. The average molecular weight is 325 g/mol. The van der Waals surface area contributed by atoms with Crippen molar-refractivity contribution in [1.82, 2.24) is 4.98 Å². The first-order valence-electron chi connectivity index (χ1n) is 7.00. The number of nitrogens with zero attached hydrogens (tertiary/aromatic N) is 1. The lowest BCUT2D eigenvalue weighted by molar-refractivity contribution is -0.118. The van der Waals surface area contributed by atoms with Crippen molar-refractivity contribution in [3.63, 3.8) is 0 Å². The van der Waals surface area contributed by atoms with Crippen molar-refractivity contribution in [2.75, 3.05) is 17.7 Å². The Labute approximate surface area is 137 Å². The number of ether oxygens (including phenoxy) is 1. The van der Waals surface area contributed by atoms with E-state index in [9.17, 15) is 4.79 Å². The summed E-state index contributed by atoms with van der Waals surface area (Å²) in [6.45, 7) is -0.0333. The van der Waals surface area contributed by atoms with Crippen LogP contribution < -0.4 is 15.8 Å². The molecule has 0 fully saturated rings. The van der Waals surface area contributed by atoms with Crippen LogP contribution in [-0.2, 0) is 4.79 Å². The molecule has 1 aromatic heterocycles. The molecule has 0 spiro atoms. The monoisotopic (exact) mass is 325 g/mol. The van der Waals surface area contributed by atoms with E-state index >= 15 is 0 Å². The van der Waals surface area contributed by atoms with Crippen LogP contribution in [0, 0.1) is 0 Å². The Kier molecular flexibility index (Phi) is 4.54. The van der Waals surface area contributed by atoms with E-state index in [-0.39, 0.29) is 12.5 Å². The molecule has 2 aromatic carbocycles. The number of amides is 1. The third-order valence-electron chi connectivity index (χ3n) is 3.10. The van der Waals surface area contributed by atoms with E-state index in [0.29, 0.717) is 16.6 Å². The van der Waals surface area contributed by atoms with Crippen molar-refractivity contribution in [2.24, 2.45) is 0 Å². The van der Waals surface area contributed by atoms with E-state index in [4.69, 9.17) is 10.5 Å². The lowest BCUT2D eigenvalue weighted by atomic mass is 10.1. The Morgan fingerprint density at radius 1 is 1.13 bits per heavy atom. The molecule has 0 saturated carbocycles. The fourth-order valence-electron chi connectivity index (χ4n) is 2.01. The number of para-hydroxylation sites is 1. The van der Waals surface area contributed by atoms with Gasteiger partial charge in [0.15, 0.2) is 11.7 Å². The highest BCUT2D eigenvalue weighted by Crippen LogP contribution is 2.24. The van der Waals surface area contributed by atoms with Gasteiger partial charge in [0.2, 0.25) is 0 Å². The number of aromatic nitrogens is 1. The molecule has 0 aliphatic carbocycles. The number of carbonyl (C=O) groups excluding carboxylic acids is 1. The molecule has 3 rings (SSSR count). The van der Waals surface area contributed by atoms with E-state index in [1.807, 2.05) is 60.0 Å². The van der Waals surface area contributed by atoms with Crippen LogP contribution >= 0.6 is 11.3 Å². The maximum atomic E-state index is 11.9. The van der Waals surface area contributed by atoms with Crippen molar-refractivity contribution < 1.29 is 9.53 Å². The zero-order valence-corrected chi connectivity index (χ0v) is 13.0. The summed E-state index contributed by atoms with van der Waals surface area (Å²) < 4.78 is 5.40. The molecule has 1 amide bonds. The molecule has 116 valence electrons. The number of nitrogens with one attached hydrogen (secondary N) is 1. The summed E-state index contributed by atoms with van der Waals surface area (Å²) in [5.74, 6) is 0.457. The van der Waals surface area contributed by atoms with E-state index in [0.717, 1.165) is 11.3 Å². The van der Waals surface area contributed by atoms with Crippen molar-refractivity contribution in [3.8, 4) is 17.0 Å². The molecule has 0 bridgehead atoms. The minimum Gasteiger partial charge on any atom is -0.484 e. The molecule has 23 heavy (non-hydrogen) atoms. The quantitative estimate of drug-likeness (QED) is 0.753. The molecular weight excluding hydrogens is 310 g/mol. The predicted octanol–water partition coefficient (Wildman–Crippen LogP) is 3.41. The van der Waals surface area contributed by atoms with Gasteiger partial charge in [-0.1, -0.05) is 30.3 Å². The van der Waals surface area contributed by atoms with Crippen molar-refractivity contribution in [3.05, 3.63) is 60.0 Å². The van der Waals surface area contributed by atoms with Gasteiger partial charge < -0.3 is 15.8 Å². The molecule has 6 heteroatoms. The van der Waals surface area contributed by atoms with Crippen molar-refractivity contribution >= 4 is 28.1 Å². The molecule has 3 N–H and O–H groups in total. The van der Waals surface area contributed by atoms with Gasteiger partial charge in [0.1, 0.15) is 5.75 Å². The number of carbonyl (C=O) groups is 1. The Balaban J connectivity index is 1.56. The van der Waals surface area contributed by atoms with E-state index in [1.54, 1.807) is 0 Å². The zero-order valence-electron chi connectivity index (χ0n) is 12.2. The van der Waals surface area contributed by atoms with Gasteiger partial charge in [-0.25, -0.2) is 4.98 Å². The fourth-order valence-corrected chi connectivity index (χ4v) is 2.58. The second-order valence-corrected chi connectivity index (χ2v) is 5.69. The summed E-state index contributed by atoms with van der Waals surface area (Å²) >= 11 is 1.40. The Morgan fingerprint density at radius 3 is 2.52 bits per heavy atom. The van der Waals surface area contributed by atoms with Gasteiger partial charge in [-0.15, -0.1) is 11.3 Å². The van der Waals surface area contributed by atoms with Crippen LogP contribution in [-0.4, -0.2) is 17.5 Å². The van der Waals surface area contributed by atoms with Gasteiger partial charge in [-0.05, 0) is 24.3 Å². The van der Waals surface area contributed by atoms with Crippen LogP contribution in [0.4, 0.5) is 10.8 Å². The van der Waals surface area contributed by atoms with E-state index in [1.165, 1.54) is 11.3 Å². The highest BCUT2D eigenvalue weighted by Gasteiger charge is 2.05. The molecular formula is C17H15N3O2S. The van der Waals surface area contributed by atoms with E-state index in [2.05, 4.69) is 10.3 Å². The van der Waals surface area contributed by atoms with Crippen LogP contribution in [0.5, 0.6) is 5.75 Å². The van der Waals surface area contributed by atoms with Crippen LogP contribution in [0.1, 0.15) is 0 Å². The Morgan fingerprint density at radius 2 is 1.87 bits per heavy atom. The summed E-state index contributed by atoms with van der Waals surface area (Å²) in [6.07, 6.45) is 0. The maximum Gasteiger partial charge on any atom is 0.262 e. The number of benzene rings is 2. The minimum absolute atomic E-state index is 0.0333. The SMILES string of the molecule is Nc1nc(-c2ccc(NC(=O)COc3ccccc3)cc2)cs1. The van der Waals surface area contributed by atoms with Gasteiger partial charge in [-0.2, -0.15) is 0 Å². The van der Waals surface area contributed by atoms with Gasteiger partial charge in [-0.3, -0.25) is 4.79 Å². The normalized spacial score (nSPS) is 10.3. The molecule has 0 atom stereocenters. The largest absolute Gasteiger partial charge is 0.484 e. The molecule has 3 aromatic rings. The van der Waals surface area contributed by atoms with E-state index < -0.39 is 0 Å². The smallest absolute Gasteiger partial charge is 0.262 e. The summed E-state index contributed by atoms with van der Waals surface area (Å²) in [5.41, 5.74) is 8.12. The van der Waals surface area contributed by atoms with Crippen LogP contribution in [0.15, 0.2) is 60.0 Å². The summed E-state index contributed by atoms with van der Waals surface area (Å²) in [6, 6.07) is 16.7. The van der Waals surface area contributed by atoms with Crippen molar-refractivity contribution in [2.45, 2.75) is 0 Å². The van der Waals surface area contributed by atoms with Gasteiger partial charge >= 0.3 is 0 Å². The van der Waals surface area contributed by atoms with Crippen molar-refractivity contribution in [1.29, 1.82) is 0 Å². The standard InChI is InChI=1S/C17H15N3O2S/c18-17-20-15(11-23-17)12-6-8-13(9-7-12)19-16(21)10-22-14-4-2-1-3-5-14/h1-9,11H,10H2,(H2,18,20)(H,19,21). The Bertz CT molecular complexity index is 785. The third kappa shape index (κ3) is 4.08. The Hall–Kier alpha value is -2.86. The highest BCUT2D eigenvalue weighted by atomic mass is 32.1. The summed E-state index contributed by atoms with van der Waals surface area (Å²) in [5, 5.41) is 5.23. The first kappa shape index (κ1) is 15.1. The van der Waals surface area contributed by atoms with Gasteiger partial charge in [0.05, 0.1) is 5.69 Å². The number of thiazole rings is 1. The average Bonchev–Trinajstić information content (AvgIpc) is 3.01. The first-order valence-corrected chi connectivity index (χ1v) is 7.88. The van der Waals surface area contributed by atoms with Crippen LogP contribution in [0.25, 0.3) is 11.3 Å². The second-order valence-electron chi connectivity index (χ2n) is 4.80. The molecule has 0 saturated heterocycles. The molecule has 0 unspecified atom stereocenters. The number of hydrogen-bond acceptors (Lipinski definition) is 5. The molecule has 0 aliphatic heterocycles. The van der Waals surface area contributed by atoms with Crippen LogP contribution in [0.3, 0.4) is 0 Å². The lowest BCUT2D eigenvalue weighted by Crippen LogP contribution is -2.20. The minimum atomic E-state index is -0.209. The van der Waals surface area contributed by atoms with Gasteiger partial charge in [0.25, 0.3) is 5.91 Å². The second kappa shape index (κ2) is 6.93. The number of rotatable bonds is 5.